The van der Waals surface area contributed by atoms with Crippen LogP contribution in [0.2, 0.25) is 0 Å². The van der Waals surface area contributed by atoms with Crippen LogP contribution in [0.1, 0.15) is 94.5 Å². The standard InChI is InChI=1S/C33H40F6O4/c1-2-3-14-40-25-11-6-20(7-12-25)23-18-41-32(42-19-23)22-8-13-27(28(34)15-22)21-4-9-24(10-5-21)33(38,39)43-26-16-29(35)31(37)30(36)17-26/h8,13,15-17,20-21,23-25,32H,2-7,9-12,14,18-19H2,1H3. The summed E-state index contributed by atoms with van der Waals surface area (Å²) in [6, 6.07) is 5.63. The lowest BCUT2D eigenvalue weighted by Gasteiger charge is -2.38. The van der Waals surface area contributed by atoms with Crippen LogP contribution < -0.4 is 4.74 Å². The molecule has 10 heteroatoms. The number of rotatable bonds is 10. The summed E-state index contributed by atoms with van der Waals surface area (Å²) in [5.74, 6) is -6.86. The van der Waals surface area contributed by atoms with E-state index in [4.69, 9.17) is 14.2 Å². The highest BCUT2D eigenvalue weighted by Crippen LogP contribution is 2.44. The van der Waals surface area contributed by atoms with Crippen molar-refractivity contribution >= 4 is 0 Å². The van der Waals surface area contributed by atoms with Gasteiger partial charge >= 0.3 is 6.11 Å². The molecule has 5 rings (SSSR count). The van der Waals surface area contributed by atoms with Crippen LogP contribution in [-0.4, -0.2) is 32.0 Å². The Kier molecular flexibility index (Phi) is 10.6. The fraction of sp³-hybridized carbons (Fsp3) is 0.636. The molecule has 0 amide bonds. The number of ether oxygens (including phenoxy) is 4. The van der Waals surface area contributed by atoms with Gasteiger partial charge in [-0.2, -0.15) is 8.78 Å². The SMILES string of the molecule is CCCCOC1CCC(C2COC(c3ccc(C4CCC(C(F)(F)Oc5cc(F)c(F)c(F)c5)CC4)c(F)c3)OC2)CC1. The van der Waals surface area contributed by atoms with E-state index in [1.54, 1.807) is 12.1 Å². The topological polar surface area (TPSA) is 36.9 Å². The van der Waals surface area contributed by atoms with Gasteiger partial charge in [0.1, 0.15) is 11.6 Å². The van der Waals surface area contributed by atoms with Crippen LogP contribution >= 0.6 is 0 Å². The van der Waals surface area contributed by atoms with Gasteiger partial charge in [-0.15, -0.1) is 0 Å². The monoisotopic (exact) mass is 614 g/mol. The normalized spacial score (nSPS) is 28.5. The third kappa shape index (κ3) is 7.87. The van der Waals surface area contributed by atoms with Crippen molar-refractivity contribution in [2.75, 3.05) is 19.8 Å². The van der Waals surface area contributed by atoms with Crippen molar-refractivity contribution in [1.29, 1.82) is 0 Å². The molecule has 2 aliphatic carbocycles. The van der Waals surface area contributed by atoms with Gasteiger partial charge in [0.15, 0.2) is 23.7 Å². The molecule has 0 radical (unpaired) electrons. The second-order valence-corrected chi connectivity index (χ2v) is 12.2. The molecule has 3 aliphatic rings. The summed E-state index contributed by atoms with van der Waals surface area (Å²) in [6.45, 7) is 4.09. The van der Waals surface area contributed by atoms with Crippen molar-refractivity contribution in [3.05, 3.63) is 64.7 Å². The number of halogens is 6. The van der Waals surface area contributed by atoms with Crippen LogP contribution in [0.25, 0.3) is 0 Å². The van der Waals surface area contributed by atoms with E-state index in [1.807, 2.05) is 0 Å². The number of benzene rings is 2. The fourth-order valence-electron chi connectivity index (χ4n) is 6.70. The van der Waals surface area contributed by atoms with Gasteiger partial charge in [0.25, 0.3) is 0 Å². The molecule has 0 N–H and O–H groups in total. The van der Waals surface area contributed by atoms with Crippen LogP contribution in [-0.2, 0) is 14.2 Å². The Morgan fingerprint density at radius 2 is 1.44 bits per heavy atom. The van der Waals surface area contributed by atoms with E-state index in [0.717, 1.165) is 45.1 Å². The molecule has 0 aromatic heterocycles. The first-order valence-electron chi connectivity index (χ1n) is 15.5. The zero-order chi connectivity index (χ0) is 30.6. The molecule has 43 heavy (non-hydrogen) atoms. The minimum absolute atomic E-state index is 0.0219. The molecular weight excluding hydrogens is 574 g/mol. The Hall–Kier alpha value is -2.30. The molecular formula is C33H40F6O4. The van der Waals surface area contributed by atoms with Crippen molar-refractivity contribution < 1.29 is 45.3 Å². The maximum atomic E-state index is 15.2. The largest absolute Gasteiger partial charge is 0.432 e. The Labute approximate surface area is 249 Å². The van der Waals surface area contributed by atoms with Crippen LogP contribution in [0.3, 0.4) is 0 Å². The lowest BCUT2D eigenvalue weighted by molar-refractivity contribution is -0.222. The highest BCUT2D eigenvalue weighted by molar-refractivity contribution is 5.29. The van der Waals surface area contributed by atoms with E-state index >= 15 is 4.39 Å². The molecule has 1 saturated heterocycles. The van der Waals surface area contributed by atoms with E-state index in [0.29, 0.717) is 54.4 Å². The Bertz CT molecular complexity index is 1180. The van der Waals surface area contributed by atoms with Crippen LogP contribution in [0.5, 0.6) is 5.75 Å². The summed E-state index contributed by atoms with van der Waals surface area (Å²) in [6.07, 6.45) is 3.11. The lowest BCUT2D eigenvalue weighted by atomic mass is 9.78. The van der Waals surface area contributed by atoms with Gasteiger partial charge in [0.2, 0.25) is 0 Å². The molecule has 0 unspecified atom stereocenters. The number of hydrogen-bond acceptors (Lipinski definition) is 4. The minimum atomic E-state index is -3.72. The summed E-state index contributed by atoms with van der Waals surface area (Å²) in [7, 11) is 0. The summed E-state index contributed by atoms with van der Waals surface area (Å²) >= 11 is 0. The van der Waals surface area contributed by atoms with Crippen molar-refractivity contribution in [2.24, 2.45) is 17.8 Å². The van der Waals surface area contributed by atoms with Crippen molar-refractivity contribution in [3.63, 3.8) is 0 Å². The molecule has 1 heterocycles. The van der Waals surface area contributed by atoms with Gasteiger partial charge < -0.3 is 18.9 Å². The lowest BCUT2D eigenvalue weighted by Crippen LogP contribution is -2.37. The third-order valence-electron chi connectivity index (χ3n) is 9.31. The molecule has 238 valence electrons. The molecule has 0 bridgehead atoms. The maximum absolute atomic E-state index is 15.2. The van der Waals surface area contributed by atoms with Crippen LogP contribution in [0.15, 0.2) is 30.3 Å². The third-order valence-corrected chi connectivity index (χ3v) is 9.31. The molecule has 2 aromatic carbocycles. The van der Waals surface area contributed by atoms with Gasteiger partial charge in [-0.1, -0.05) is 25.5 Å². The second kappa shape index (κ2) is 14.2. The van der Waals surface area contributed by atoms with Gasteiger partial charge in [0, 0.05) is 30.2 Å². The molecule has 4 nitrogen and oxygen atoms in total. The van der Waals surface area contributed by atoms with Crippen molar-refractivity contribution in [2.45, 2.75) is 95.6 Å². The number of alkyl halides is 2. The fourth-order valence-corrected chi connectivity index (χ4v) is 6.70. The predicted octanol–water partition coefficient (Wildman–Crippen LogP) is 9.23. The summed E-state index contributed by atoms with van der Waals surface area (Å²) < 4.78 is 107. The Morgan fingerprint density at radius 3 is 2.05 bits per heavy atom. The van der Waals surface area contributed by atoms with E-state index < -0.39 is 47.3 Å². The first-order valence-corrected chi connectivity index (χ1v) is 15.5. The van der Waals surface area contributed by atoms with Crippen LogP contribution in [0.4, 0.5) is 26.3 Å². The van der Waals surface area contributed by atoms with Crippen molar-refractivity contribution in [3.8, 4) is 5.75 Å². The van der Waals surface area contributed by atoms with Gasteiger partial charge in [-0.25, -0.2) is 17.6 Å². The van der Waals surface area contributed by atoms with Gasteiger partial charge in [0.05, 0.1) is 25.2 Å². The summed E-state index contributed by atoms with van der Waals surface area (Å²) in [5.41, 5.74) is 1.03. The van der Waals surface area contributed by atoms with Crippen molar-refractivity contribution in [1.82, 2.24) is 0 Å². The maximum Gasteiger partial charge on any atom is 0.400 e. The van der Waals surface area contributed by atoms with Gasteiger partial charge in [-0.3, -0.25) is 0 Å². The van der Waals surface area contributed by atoms with Gasteiger partial charge in [-0.05, 0) is 81.3 Å². The molecule has 0 spiro atoms. The highest BCUT2D eigenvalue weighted by atomic mass is 19.3. The molecule has 2 saturated carbocycles. The molecule has 2 aromatic rings. The Morgan fingerprint density at radius 1 is 0.791 bits per heavy atom. The van der Waals surface area contributed by atoms with E-state index in [1.165, 1.54) is 6.07 Å². The highest BCUT2D eigenvalue weighted by Gasteiger charge is 2.44. The Balaban J connectivity index is 1.09. The number of unbranched alkanes of at least 4 members (excludes halogenated alkanes) is 1. The minimum Gasteiger partial charge on any atom is -0.432 e. The predicted molar refractivity (Wildman–Crippen MR) is 148 cm³/mol. The summed E-state index contributed by atoms with van der Waals surface area (Å²) in [4.78, 5) is 0. The zero-order valence-electron chi connectivity index (χ0n) is 24.4. The average molecular weight is 615 g/mol. The van der Waals surface area contributed by atoms with E-state index in [9.17, 15) is 22.0 Å². The quantitative estimate of drug-likeness (QED) is 0.152. The second-order valence-electron chi connectivity index (χ2n) is 12.2. The average Bonchev–Trinajstić information content (AvgIpc) is 3.00. The molecule has 1 aliphatic heterocycles. The van der Waals surface area contributed by atoms with E-state index in [-0.39, 0.29) is 31.6 Å². The first-order chi connectivity index (χ1) is 20.6. The van der Waals surface area contributed by atoms with E-state index in [2.05, 4.69) is 11.7 Å². The zero-order valence-corrected chi connectivity index (χ0v) is 24.4. The number of hydrogen-bond donors (Lipinski definition) is 0. The molecule has 0 atom stereocenters. The first kappa shape index (κ1) is 32.1. The molecule has 3 fully saturated rings. The summed E-state index contributed by atoms with van der Waals surface area (Å²) in [5, 5.41) is 0. The van der Waals surface area contributed by atoms with Crippen LogP contribution in [0, 0.1) is 41.0 Å². The smallest absolute Gasteiger partial charge is 0.400 e.